The van der Waals surface area contributed by atoms with Crippen molar-refractivity contribution in [1.29, 1.82) is 0 Å². The highest BCUT2D eigenvalue weighted by Crippen LogP contribution is 2.19. The fraction of sp³-hybridized carbons (Fsp3) is 0.571. The summed E-state index contributed by atoms with van der Waals surface area (Å²) in [4.78, 5) is 3.83. The number of nitrogens with zero attached hydrogens (tertiary/aromatic N) is 1. The smallest absolute Gasteiger partial charge is 0.264 e. The maximum Gasteiger partial charge on any atom is 0.264 e. The molecule has 5 heteroatoms. The molecule has 0 saturated carbocycles. The van der Waals surface area contributed by atoms with E-state index in [4.69, 9.17) is 0 Å². The first kappa shape index (κ1) is 9.38. The molecular formula is C7H10F2N2S. The van der Waals surface area contributed by atoms with Crippen molar-refractivity contribution in [3.63, 3.8) is 0 Å². The fourth-order valence-electron chi connectivity index (χ4n) is 0.641. The minimum Gasteiger partial charge on any atom is -0.355 e. The second-order valence-electron chi connectivity index (χ2n) is 2.40. The molecule has 0 aromatic carbocycles. The maximum atomic E-state index is 12.7. The summed E-state index contributed by atoms with van der Waals surface area (Å²) in [5.74, 6) is -2.63. The fourth-order valence-corrected chi connectivity index (χ4v) is 1.17. The standard InChI is InChI=1S/C7H10F2N2S/c1-2-7(8,9)5-11-6-10-3-4-12-6/h3-4H,2,5H2,1H3,(H,10,11). The van der Waals surface area contributed by atoms with Crippen molar-refractivity contribution in [2.24, 2.45) is 0 Å². The average molecular weight is 192 g/mol. The van der Waals surface area contributed by atoms with E-state index in [0.29, 0.717) is 5.13 Å². The quantitative estimate of drug-likeness (QED) is 0.793. The van der Waals surface area contributed by atoms with Crippen LogP contribution in [0.25, 0.3) is 0 Å². The van der Waals surface area contributed by atoms with Gasteiger partial charge < -0.3 is 5.32 Å². The summed E-state index contributed by atoms with van der Waals surface area (Å²) < 4.78 is 25.3. The number of nitrogens with one attached hydrogen (secondary N) is 1. The predicted octanol–water partition coefficient (Wildman–Crippen LogP) is 2.60. The summed E-state index contributed by atoms with van der Waals surface area (Å²) in [6.07, 6.45) is 1.43. The summed E-state index contributed by atoms with van der Waals surface area (Å²) in [5.41, 5.74) is 0. The zero-order valence-electron chi connectivity index (χ0n) is 6.68. The lowest BCUT2D eigenvalue weighted by molar-refractivity contribution is 0.0116. The van der Waals surface area contributed by atoms with E-state index in [1.54, 1.807) is 11.6 Å². The normalized spacial score (nSPS) is 11.6. The molecule has 0 atom stereocenters. The molecule has 0 bridgehead atoms. The van der Waals surface area contributed by atoms with Gasteiger partial charge in [-0.2, -0.15) is 0 Å². The molecule has 0 radical (unpaired) electrons. The van der Waals surface area contributed by atoms with Crippen LogP contribution in [0.1, 0.15) is 13.3 Å². The van der Waals surface area contributed by atoms with Crippen LogP contribution in [0.15, 0.2) is 11.6 Å². The summed E-state index contributed by atoms with van der Waals surface area (Å²) in [6.45, 7) is 1.13. The van der Waals surface area contributed by atoms with E-state index in [2.05, 4.69) is 10.3 Å². The molecule has 1 N–H and O–H groups in total. The third-order valence-corrected chi connectivity index (χ3v) is 2.18. The molecule has 0 fully saturated rings. The molecule has 0 saturated heterocycles. The van der Waals surface area contributed by atoms with Gasteiger partial charge in [-0.15, -0.1) is 11.3 Å². The van der Waals surface area contributed by atoms with Crippen molar-refractivity contribution in [2.45, 2.75) is 19.3 Å². The number of halogens is 2. The number of thiazole rings is 1. The molecule has 1 aromatic rings. The minimum absolute atomic E-state index is 0.147. The molecule has 0 aliphatic heterocycles. The minimum atomic E-state index is -2.63. The zero-order valence-corrected chi connectivity index (χ0v) is 7.50. The van der Waals surface area contributed by atoms with Gasteiger partial charge in [-0.3, -0.25) is 0 Å². The van der Waals surface area contributed by atoms with Gasteiger partial charge in [-0.25, -0.2) is 13.8 Å². The van der Waals surface area contributed by atoms with E-state index in [-0.39, 0.29) is 13.0 Å². The van der Waals surface area contributed by atoms with Crippen LogP contribution < -0.4 is 5.32 Å². The van der Waals surface area contributed by atoms with Gasteiger partial charge in [0.1, 0.15) is 0 Å². The third-order valence-electron chi connectivity index (χ3n) is 1.45. The summed E-state index contributed by atoms with van der Waals surface area (Å²) in [7, 11) is 0. The van der Waals surface area contributed by atoms with Crippen LogP contribution in [0.4, 0.5) is 13.9 Å². The molecule has 0 aliphatic rings. The molecule has 68 valence electrons. The van der Waals surface area contributed by atoms with Crippen LogP contribution in [-0.2, 0) is 0 Å². The van der Waals surface area contributed by atoms with Crippen LogP contribution in [0.3, 0.4) is 0 Å². The number of hydrogen-bond donors (Lipinski definition) is 1. The van der Waals surface area contributed by atoms with Gasteiger partial charge in [0.2, 0.25) is 0 Å². The topological polar surface area (TPSA) is 24.9 Å². The summed E-state index contributed by atoms with van der Waals surface area (Å²) in [6, 6.07) is 0. The Balaban J connectivity index is 2.36. The second kappa shape index (κ2) is 3.80. The molecule has 2 nitrogen and oxygen atoms in total. The van der Waals surface area contributed by atoms with Gasteiger partial charge in [0, 0.05) is 18.0 Å². The van der Waals surface area contributed by atoms with Gasteiger partial charge in [0.05, 0.1) is 6.54 Å². The van der Waals surface area contributed by atoms with Gasteiger partial charge in [0.25, 0.3) is 5.92 Å². The van der Waals surface area contributed by atoms with Crippen molar-refractivity contribution in [3.05, 3.63) is 11.6 Å². The van der Waals surface area contributed by atoms with Crippen LogP contribution in [-0.4, -0.2) is 17.5 Å². The van der Waals surface area contributed by atoms with Crippen LogP contribution in [0.5, 0.6) is 0 Å². The van der Waals surface area contributed by atoms with E-state index in [1.807, 2.05) is 0 Å². The first-order valence-electron chi connectivity index (χ1n) is 3.65. The Labute approximate surface area is 73.6 Å². The lowest BCUT2D eigenvalue weighted by atomic mass is 10.3. The van der Waals surface area contributed by atoms with Crippen molar-refractivity contribution in [2.75, 3.05) is 11.9 Å². The lowest BCUT2D eigenvalue weighted by Crippen LogP contribution is -2.25. The molecule has 0 aliphatic carbocycles. The number of alkyl halides is 2. The first-order chi connectivity index (χ1) is 5.64. The van der Waals surface area contributed by atoms with Gasteiger partial charge in [-0.1, -0.05) is 6.92 Å². The Morgan fingerprint density at radius 3 is 2.92 bits per heavy atom. The Morgan fingerprint density at radius 2 is 2.42 bits per heavy atom. The largest absolute Gasteiger partial charge is 0.355 e. The molecule has 1 rings (SSSR count). The first-order valence-corrected chi connectivity index (χ1v) is 4.53. The highest BCUT2D eigenvalue weighted by molar-refractivity contribution is 7.13. The maximum absolute atomic E-state index is 12.7. The number of anilines is 1. The molecule has 0 unspecified atom stereocenters. The van der Waals surface area contributed by atoms with Gasteiger partial charge in [-0.05, 0) is 0 Å². The van der Waals surface area contributed by atoms with Crippen LogP contribution in [0, 0.1) is 0 Å². The SMILES string of the molecule is CCC(F)(F)CNc1nccs1. The molecule has 1 heterocycles. The molecular weight excluding hydrogens is 182 g/mol. The van der Waals surface area contributed by atoms with Crippen molar-refractivity contribution in [3.8, 4) is 0 Å². The van der Waals surface area contributed by atoms with E-state index in [1.165, 1.54) is 18.3 Å². The lowest BCUT2D eigenvalue weighted by Gasteiger charge is -2.13. The van der Waals surface area contributed by atoms with Crippen molar-refractivity contribution >= 4 is 16.5 Å². The van der Waals surface area contributed by atoms with Crippen molar-refractivity contribution < 1.29 is 8.78 Å². The molecule has 0 spiro atoms. The van der Waals surface area contributed by atoms with E-state index in [9.17, 15) is 8.78 Å². The van der Waals surface area contributed by atoms with Crippen LogP contribution >= 0.6 is 11.3 Å². The van der Waals surface area contributed by atoms with Crippen molar-refractivity contribution in [1.82, 2.24) is 4.98 Å². The van der Waals surface area contributed by atoms with Gasteiger partial charge >= 0.3 is 0 Å². The predicted molar refractivity (Wildman–Crippen MR) is 45.8 cm³/mol. The second-order valence-corrected chi connectivity index (χ2v) is 3.29. The summed E-state index contributed by atoms with van der Waals surface area (Å²) >= 11 is 1.32. The highest BCUT2D eigenvalue weighted by atomic mass is 32.1. The van der Waals surface area contributed by atoms with E-state index >= 15 is 0 Å². The molecule has 0 amide bonds. The Bertz CT molecular complexity index is 223. The van der Waals surface area contributed by atoms with E-state index in [0.717, 1.165) is 0 Å². The monoisotopic (exact) mass is 192 g/mol. The summed E-state index contributed by atoms with van der Waals surface area (Å²) in [5, 5.41) is 4.86. The molecule has 12 heavy (non-hydrogen) atoms. The number of rotatable bonds is 4. The molecule has 1 aromatic heterocycles. The average Bonchev–Trinajstić information content (AvgIpc) is 2.53. The van der Waals surface area contributed by atoms with Crippen LogP contribution in [0.2, 0.25) is 0 Å². The Hall–Kier alpha value is -0.710. The number of hydrogen-bond acceptors (Lipinski definition) is 3. The third kappa shape index (κ3) is 2.73. The van der Waals surface area contributed by atoms with E-state index < -0.39 is 5.92 Å². The Morgan fingerprint density at radius 1 is 1.67 bits per heavy atom. The van der Waals surface area contributed by atoms with Gasteiger partial charge in [0.15, 0.2) is 5.13 Å². The zero-order chi connectivity index (χ0) is 9.03. The Kier molecular flexibility index (Phi) is 2.97. The highest BCUT2D eigenvalue weighted by Gasteiger charge is 2.25. The number of aromatic nitrogens is 1.